The molecule has 1 aliphatic rings. The molecular formula is C19H23N3O3. The molecule has 2 aromatic rings. The van der Waals surface area contributed by atoms with Gasteiger partial charge >= 0.3 is 0 Å². The van der Waals surface area contributed by atoms with Crippen molar-refractivity contribution in [2.75, 3.05) is 13.2 Å². The standard InChI is InChI=1S/C19H23N3O3/c1-13-5-6-16(14(2)10-13)17-7-8-19(24)22(21-17)12-18(23)20-11-15-4-3-9-25-15/h5-8,10,15H,3-4,9,11-12H2,1-2H3,(H,20,23)/t15-/m0/s1. The van der Waals surface area contributed by atoms with Crippen molar-refractivity contribution in [2.24, 2.45) is 0 Å². The summed E-state index contributed by atoms with van der Waals surface area (Å²) in [6, 6.07) is 9.21. The van der Waals surface area contributed by atoms with E-state index < -0.39 is 0 Å². The average molecular weight is 341 g/mol. The molecular weight excluding hydrogens is 318 g/mol. The van der Waals surface area contributed by atoms with Crippen LogP contribution in [0.3, 0.4) is 0 Å². The third-order valence-corrected chi connectivity index (χ3v) is 4.37. The Morgan fingerprint density at radius 1 is 1.32 bits per heavy atom. The van der Waals surface area contributed by atoms with Crippen LogP contribution in [-0.2, 0) is 16.1 Å². The second-order valence-corrected chi connectivity index (χ2v) is 6.47. The zero-order chi connectivity index (χ0) is 17.8. The van der Waals surface area contributed by atoms with Gasteiger partial charge in [-0.25, -0.2) is 4.68 Å². The fraction of sp³-hybridized carbons (Fsp3) is 0.421. The lowest BCUT2D eigenvalue weighted by atomic mass is 10.0. The molecule has 0 spiro atoms. The van der Waals surface area contributed by atoms with Gasteiger partial charge in [-0.15, -0.1) is 0 Å². The van der Waals surface area contributed by atoms with Gasteiger partial charge in [0.1, 0.15) is 6.54 Å². The molecule has 2 heterocycles. The predicted octanol–water partition coefficient (Wildman–Crippen LogP) is 1.82. The minimum absolute atomic E-state index is 0.0789. The zero-order valence-corrected chi connectivity index (χ0v) is 14.6. The quantitative estimate of drug-likeness (QED) is 0.900. The van der Waals surface area contributed by atoms with Crippen molar-refractivity contribution < 1.29 is 9.53 Å². The number of nitrogens with zero attached hydrogens (tertiary/aromatic N) is 2. The highest BCUT2D eigenvalue weighted by Crippen LogP contribution is 2.21. The van der Waals surface area contributed by atoms with E-state index in [1.807, 2.05) is 26.0 Å². The van der Waals surface area contributed by atoms with E-state index in [1.165, 1.54) is 16.3 Å². The number of amides is 1. The van der Waals surface area contributed by atoms with E-state index in [-0.39, 0.29) is 24.1 Å². The van der Waals surface area contributed by atoms with Gasteiger partial charge in [-0.2, -0.15) is 5.10 Å². The lowest BCUT2D eigenvalue weighted by molar-refractivity contribution is -0.122. The number of benzene rings is 1. The van der Waals surface area contributed by atoms with Crippen LogP contribution in [0.2, 0.25) is 0 Å². The van der Waals surface area contributed by atoms with Crippen LogP contribution in [-0.4, -0.2) is 34.9 Å². The first-order valence-corrected chi connectivity index (χ1v) is 8.57. The molecule has 132 valence electrons. The number of rotatable bonds is 5. The third-order valence-electron chi connectivity index (χ3n) is 4.37. The molecule has 6 heteroatoms. The Morgan fingerprint density at radius 3 is 2.88 bits per heavy atom. The van der Waals surface area contributed by atoms with E-state index in [0.29, 0.717) is 12.2 Å². The first-order chi connectivity index (χ1) is 12.0. The molecule has 0 aliphatic carbocycles. The summed E-state index contributed by atoms with van der Waals surface area (Å²) in [7, 11) is 0. The van der Waals surface area contributed by atoms with E-state index in [9.17, 15) is 9.59 Å². The summed E-state index contributed by atoms with van der Waals surface area (Å²) >= 11 is 0. The van der Waals surface area contributed by atoms with Crippen LogP contribution in [0, 0.1) is 13.8 Å². The summed E-state index contributed by atoms with van der Waals surface area (Å²) in [6.45, 7) is 5.17. The first-order valence-electron chi connectivity index (χ1n) is 8.57. The van der Waals surface area contributed by atoms with Crippen molar-refractivity contribution in [1.29, 1.82) is 0 Å². The molecule has 1 saturated heterocycles. The second kappa shape index (κ2) is 7.61. The van der Waals surface area contributed by atoms with Crippen molar-refractivity contribution >= 4 is 5.91 Å². The number of hydrogen-bond acceptors (Lipinski definition) is 4. The van der Waals surface area contributed by atoms with Crippen LogP contribution in [0.25, 0.3) is 11.3 Å². The number of hydrogen-bond donors (Lipinski definition) is 1. The van der Waals surface area contributed by atoms with Gasteiger partial charge in [0.05, 0.1) is 11.8 Å². The summed E-state index contributed by atoms with van der Waals surface area (Å²) in [5, 5.41) is 7.18. The van der Waals surface area contributed by atoms with Gasteiger partial charge in [-0.1, -0.05) is 23.8 Å². The van der Waals surface area contributed by atoms with Crippen molar-refractivity contribution in [3.8, 4) is 11.3 Å². The molecule has 25 heavy (non-hydrogen) atoms. The summed E-state index contributed by atoms with van der Waals surface area (Å²) < 4.78 is 6.69. The van der Waals surface area contributed by atoms with Gasteiger partial charge in [0, 0.05) is 24.8 Å². The van der Waals surface area contributed by atoms with Crippen molar-refractivity contribution in [3.63, 3.8) is 0 Å². The van der Waals surface area contributed by atoms with Gasteiger partial charge < -0.3 is 10.1 Å². The number of nitrogens with one attached hydrogen (secondary N) is 1. The van der Waals surface area contributed by atoms with E-state index in [4.69, 9.17) is 4.74 Å². The van der Waals surface area contributed by atoms with Gasteiger partial charge in [0.2, 0.25) is 5.91 Å². The molecule has 0 bridgehead atoms. The maximum absolute atomic E-state index is 12.1. The SMILES string of the molecule is Cc1ccc(-c2ccc(=O)n(CC(=O)NC[C@@H]3CCCO3)n2)c(C)c1. The van der Waals surface area contributed by atoms with Crippen LogP contribution >= 0.6 is 0 Å². The van der Waals surface area contributed by atoms with E-state index >= 15 is 0 Å². The molecule has 1 fully saturated rings. The summed E-state index contributed by atoms with van der Waals surface area (Å²) in [5.41, 5.74) is 3.60. The minimum Gasteiger partial charge on any atom is -0.376 e. The van der Waals surface area contributed by atoms with Crippen LogP contribution in [0.4, 0.5) is 0 Å². The fourth-order valence-electron chi connectivity index (χ4n) is 3.03. The Morgan fingerprint density at radius 2 is 2.16 bits per heavy atom. The minimum atomic E-state index is -0.291. The Labute approximate surface area is 146 Å². The lowest BCUT2D eigenvalue weighted by Gasteiger charge is -2.12. The summed E-state index contributed by atoms with van der Waals surface area (Å²) in [4.78, 5) is 24.1. The molecule has 1 atom stereocenters. The van der Waals surface area contributed by atoms with Crippen LogP contribution in [0.5, 0.6) is 0 Å². The third kappa shape index (κ3) is 4.33. The maximum atomic E-state index is 12.1. The molecule has 1 aromatic carbocycles. The number of aryl methyl sites for hydroxylation is 2. The maximum Gasteiger partial charge on any atom is 0.267 e. The van der Waals surface area contributed by atoms with E-state index in [2.05, 4.69) is 16.5 Å². The molecule has 1 amide bonds. The van der Waals surface area contributed by atoms with Crippen LogP contribution in [0.15, 0.2) is 35.1 Å². The molecule has 1 aliphatic heterocycles. The summed E-state index contributed by atoms with van der Waals surface area (Å²) in [6.07, 6.45) is 2.07. The largest absolute Gasteiger partial charge is 0.376 e. The van der Waals surface area contributed by atoms with E-state index in [1.54, 1.807) is 6.07 Å². The highest BCUT2D eigenvalue weighted by Gasteiger charge is 2.16. The second-order valence-electron chi connectivity index (χ2n) is 6.47. The Hall–Kier alpha value is -2.47. The van der Waals surface area contributed by atoms with Gasteiger partial charge in [-0.3, -0.25) is 9.59 Å². The van der Waals surface area contributed by atoms with Gasteiger partial charge in [-0.05, 0) is 38.3 Å². The van der Waals surface area contributed by atoms with Crippen molar-refractivity contribution in [2.45, 2.75) is 39.3 Å². The lowest BCUT2D eigenvalue weighted by Crippen LogP contribution is -2.37. The first kappa shape index (κ1) is 17.4. The smallest absolute Gasteiger partial charge is 0.267 e. The highest BCUT2D eigenvalue weighted by atomic mass is 16.5. The molecule has 6 nitrogen and oxygen atoms in total. The number of carbonyl (C=O) groups excluding carboxylic acids is 1. The van der Waals surface area contributed by atoms with E-state index in [0.717, 1.165) is 30.6 Å². The monoisotopic (exact) mass is 341 g/mol. The molecule has 0 unspecified atom stereocenters. The zero-order valence-electron chi connectivity index (χ0n) is 14.6. The van der Waals surface area contributed by atoms with Crippen molar-refractivity contribution in [1.82, 2.24) is 15.1 Å². The van der Waals surface area contributed by atoms with Crippen LogP contribution in [0.1, 0.15) is 24.0 Å². The highest BCUT2D eigenvalue weighted by molar-refractivity contribution is 5.75. The molecule has 0 radical (unpaired) electrons. The number of carbonyl (C=O) groups is 1. The molecule has 0 saturated carbocycles. The Kier molecular flexibility index (Phi) is 5.28. The molecule has 1 N–H and O–H groups in total. The van der Waals surface area contributed by atoms with Crippen molar-refractivity contribution in [3.05, 3.63) is 51.8 Å². The topological polar surface area (TPSA) is 73.2 Å². The average Bonchev–Trinajstić information content (AvgIpc) is 3.09. The molecule has 1 aromatic heterocycles. The van der Waals surface area contributed by atoms with Crippen LogP contribution < -0.4 is 10.9 Å². The summed E-state index contributed by atoms with van der Waals surface area (Å²) in [5.74, 6) is -0.233. The van der Waals surface area contributed by atoms with Gasteiger partial charge in [0.15, 0.2) is 0 Å². The Bertz CT molecular complexity index is 823. The number of aromatic nitrogens is 2. The fourth-order valence-corrected chi connectivity index (χ4v) is 3.03. The Balaban J connectivity index is 1.72. The number of ether oxygens (including phenoxy) is 1. The normalized spacial score (nSPS) is 16.8. The molecule has 3 rings (SSSR count). The van der Waals surface area contributed by atoms with Gasteiger partial charge in [0.25, 0.3) is 5.56 Å². The predicted molar refractivity (Wildman–Crippen MR) is 95.4 cm³/mol.